The van der Waals surface area contributed by atoms with Gasteiger partial charge in [-0.3, -0.25) is 4.98 Å². The fraction of sp³-hybridized carbons (Fsp3) is 0.308. The number of hydrogen-bond acceptors (Lipinski definition) is 4. The van der Waals surface area contributed by atoms with E-state index in [0.29, 0.717) is 6.54 Å². The lowest BCUT2D eigenvalue weighted by Gasteiger charge is -2.07. The molecule has 0 fully saturated rings. The SMILES string of the molecule is CCc1cc(NCc2ccccn2)nc(C)n1. The molecule has 0 aliphatic rings. The van der Waals surface area contributed by atoms with E-state index in [4.69, 9.17) is 0 Å². The zero-order chi connectivity index (χ0) is 12.1. The van der Waals surface area contributed by atoms with Gasteiger partial charge >= 0.3 is 0 Å². The van der Waals surface area contributed by atoms with Crippen molar-refractivity contribution in [1.29, 1.82) is 0 Å². The molecule has 1 N–H and O–H groups in total. The zero-order valence-electron chi connectivity index (χ0n) is 10.1. The quantitative estimate of drug-likeness (QED) is 0.872. The van der Waals surface area contributed by atoms with Crippen LogP contribution >= 0.6 is 0 Å². The standard InChI is InChI=1S/C13H16N4/c1-3-11-8-13(17-10(2)16-11)15-9-12-6-4-5-7-14-12/h4-8H,3,9H2,1-2H3,(H,15,16,17). The Labute approximate surface area is 101 Å². The summed E-state index contributed by atoms with van der Waals surface area (Å²) in [6.45, 7) is 4.68. The summed E-state index contributed by atoms with van der Waals surface area (Å²) >= 11 is 0. The van der Waals surface area contributed by atoms with E-state index in [-0.39, 0.29) is 0 Å². The first-order valence-electron chi connectivity index (χ1n) is 5.76. The smallest absolute Gasteiger partial charge is 0.130 e. The van der Waals surface area contributed by atoms with Crippen molar-refractivity contribution < 1.29 is 0 Å². The third kappa shape index (κ3) is 3.24. The van der Waals surface area contributed by atoms with Gasteiger partial charge in [0.05, 0.1) is 12.2 Å². The van der Waals surface area contributed by atoms with Crippen LogP contribution in [0.5, 0.6) is 0 Å². The Morgan fingerprint density at radius 1 is 1.18 bits per heavy atom. The van der Waals surface area contributed by atoms with Crippen LogP contribution in [-0.4, -0.2) is 15.0 Å². The molecule has 0 aliphatic carbocycles. The van der Waals surface area contributed by atoms with Crippen molar-refractivity contribution in [1.82, 2.24) is 15.0 Å². The molecule has 4 nitrogen and oxygen atoms in total. The molecule has 4 heteroatoms. The molecular weight excluding hydrogens is 212 g/mol. The van der Waals surface area contributed by atoms with E-state index in [9.17, 15) is 0 Å². The Morgan fingerprint density at radius 3 is 2.76 bits per heavy atom. The van der Waals surface area contributed by atoms with Crippen LogP contribution in [0.1, 0.15) is 24.1 Å². The largest absolute Gasteiger partial charge is 0.364 e. The summed E-state index contributed by atoms with van der Waals surface area (Å²) in [5.74, 6) is 1.66. The minimum atomic E-state index is 0.681. The molecule has 0 amide bonds. The zero-order valence-corrected chi connectivity index (χ0v) is 10.1. The maximum Gasteiger partial charge on any atom is 0.130 e. The van der Waals surface area contributed by atoms with Crippen molar-refractivity contribution in [2.24, 2.45) is 0 Å². The Kier molecular flexibility index (Phi) is 3.65. The molecule has 2 heterocycles. The van der Waals surface area contributed by atoms with Gasteiger partial charge in [0.1, 0.15) is 11.6 Å². The number of aryl methyl sites for hydroxylation is 2. The van der Waals surface area contributed by atoms with Crippen LogP contribution in [0.15, 0.2) is 30.5 Å². The fourth-order valence-corrected chi connectivity index (χ4v) is 1.59. The Bertz CT molecular complexity index is 482. The first kappa shape index (κ1) is 11.5. The number of rotatable bonds is 4. The minimum absolute atomic E-state index is 0.681. The number of pyridine rings is 1. The molecule has 0 aliphatic heterocycles. The highest BCUT2D eigenvalue weighted by atomic mass is 15.0. The molecule has 0 saturated carbocycles. The van der Waals surface area contributed by atoms with Crippen molar-refractivity contribution >= 4 is 5.82 Å². The van der Waals surface area contributed by atoms with Crippen LogP contribution in [0.25, 0.3) is 0 Å². The van der Waals surface area contributed by atoms with Gasteiger partial charge in [0.15, 0.2) is 0 Å². The van der Waals surface area contributed by atoms with E-state index >= 15 is 0 Å². The second-order valence-corrected chi connectivity index (χ2v) is 3.82. The number of nitrogens with zero attached hydrogens (tertiary/aromatic N) is 3. The molecule has 0 radical (unpaired) electrons. The van der Waals surface area contributed by atoms with E-state index in [0.717, 1.165) is 29.5 Å². The van der Waals surface area contributed by atoms with Gasteiger partial charge in [-0.15, -0.1) is 0 Å². The molecular formula is C13H16N4. The predicted octanol–water partition coefficient (Wildman–Crippen LogP) is 2.35. The summed E-state index contributed by atoms with van der Waals surface area (Å²) in [5, 5.41) is 3.26. The van der Waals surface area contributed by atoms with Crippen LogP contribution in [-0.2, 0) is 13.0 Å². The monoisotopic (exact) mass is 228 g/mol. The lowest BCUT2D eigenvalue weighted by molar-refractivity contribution is 0.935. The second kappa shape index (κ2) is 5.39. The van der Waals surface area contributed by atoms with E-state index in [1.54, 1.807) is 6.20 Å². The average molecular weight is 228 g/mol. The highest BCUT2D eigenvalue weighted by molar-refractivity contribution is 5.36. The van der Waals surface area contributed by atoms with Gasteiger partial charge < -0.3 is 5.32 Å². The molecule has 2 rings (SSSR count). The van der Waals surface area contributed by atoms with Crippen molar-refractivity contribution in [3.05, 3.63) is 47.7 Å². The molecule has 0 unspecified atom stereocenters. The number of hydrogen-bond donors (Lipinski definition) is 1. The summed E-state index contributed by atoms with van der Waals surface area (Å²) in [6.07, 6.45) is 2.71. The summed E-state index contributed by atoms with van der Waals surface area (Å²) in [6, 6.07) is 7.86. The summed E-state index contributed by atoms with van der Waals surface area (Å²) in [5.41, 5.74) is 2.06. The van der Waals surface area contributed by atoms with E-state index in [2.05, 4.69) is 27.2 Å². The highest BCUT2D eigenvalue weighted by Crippen LogP contribution is 2.08. The van der Waals surface area contributed by atoms with Gasteiger partial charge in [0.2, 0.25) is 0 Å². The Hall–Kier alpha value is -1.97. The summed E-state index contributed by atoms with van der Waals surface area (Å²) in [7, 11) is 0. The number of anilines is 1. The molecule has 2 aromatic heterocycles. The van der Waals surface area contributed by atoms with E-state index in [1.165, 1.54) is 0 Å². The highest BCUT2D eigenvalue weighted by Gasteiger charge is 2.00. The molecule has 0 aromatic carbocycles. The second-order valence-electron chi connectivity index (χ2n) is 3.82. The van der Waals surface area contributed by atoms with Crippen LogP contribution in [0, 0.1) is 6.92 Å². The van der Waals surface area contributed by atoms with Crippen LogP contribution < -0.4 is 5.32 Å². The number of aromatic nitrogens is 3. The van der Waals surface area contributed by atoms with Gasteiger partial charge in [-0.05, 0) is 25.5 Å². The molecule has 0 saturated heterocycles. The van der Waals surface area contributed by atoms with Crippen LogP contribution in [0.3, 0.4) is 0 Å². The van der Waals surface area contributed by atoms with Gasteiger partial charge in [-0.25, -0.2) is 9.97 Å². The first-order valence-corrected chi connectivity index (χ1v) is 5.76. The maximum atomic E-state index is 4.35. The van der Waals surface area contributed by atoms with E-state index in [1.807, 2.05) is 31.2 Å². The third-order valence-electron chi connectivity index (χ3n) is 2.43. The van der Waals surface area contributed by atoms with Crippen LogP contribution in [0.2, 0.25) is 0 Å². The lowest BCUT2D eigenvalue weighted by Crippen LogP contribution is -2.05. The Morgan fingerprint density at radius 2 is 2.06 bits per heavy atom. The van der Waals surface area contributed by atoms with Gasteiger partial charge in [0.25, 0.3) is 0 Å². The van der Waals surface area contributed by atoms with Crippen LogP contribution in [0.4, 0.5) is 5.82 Å². The maximum absolute atomic E-state index is 4.35. The molecule has 2 aromatic rings. The normalized spacial score (nSPS) is 10.2. The predicted molar refractivity (Wildman–Crippen MR) is 67.7 cm³/mol. The summed E-state index contributed by atoms with van der Waals surface area (Å²) in [4.78, 5) is 12.9. The van der Waals surface area contributed by atoms with Gasteiger partial charge in [0, 0.05) is 18.0 Å². The average Bonchev–Trinajstić information content (AvgIpc) is 2.37. The van der Waals surface area contributed by atoms with Gasteiger partial charge in [-0.2, -0.15) is 0 Å². The number of nitrogens with one attached hydrogen (secondary N) is 1. The topological polar surface area (TPSA) is 50.7 Å². The lowest BCUT2D eigenvalue weighted by atomic mass is 10.3. The van der Waals surface area contributed by atoms with Gasteiger partial charge in [-0.1, -0.05) is 13.0 Å². The van der Waals surface area contributed by atoms with Crippen molar-refractivity contribution in [3.63, 3.8) is 0 Å². The van der Waals surface area contributed by atoms with Crippen molar-refractivity contribution in [2.75, 3.05) is 5.32 Å². The van der Waals surface area contributed by atoms with E-state index < -0.39 is 0 Å². The molecule has 17 heavy (non-hydrogen) atoms. The Balaban J connectivity index is 2.06. The van der Waals surface area contributed by atoms with Crippen molar-refractivity contribution in [3.8, 4) is 0 Å². The summed E-state index contributed by atoms with van der Waals surface area (Å²) < 4.78 is 0. The minimum Gasteiger partial charge on any atom is -0.364 e. The third-order valence-corrected chi connectivity index (χ3v) is 2.43. The van der Waals surface area contributed by atoms with Crippen molar-refractivity contribution in [2.45, 2.75) is 26.8 Å². The molecule has 88 valence electrons. The first-order chi connectivity index (χ1) is 8.28. The fourth-order valence-electron chi connectivity index (χ4n) is 1.59. The molecule has 0 spiro atoms. The molecule has 0 atom stereocenters. The molecule has 0 bridgehead atoms.